The van der Waals surface area contributed by atoms with E-state index < -0.39 is 12.0 Å². The second kappa shape index (κ2) is 9.76. The van der Waals surface area contributed by atoms with Crippen LogP contribution in [0.4, 0.5) is 5.69 Å². The normalized spacial score (nSPS) is 11.6. The fraction of sp³-hybridized carbons (Fsp3) is 0.150. The van der Waals surface area contributed by atoms with Crippen molar-refractivity contribution in [3.05, 3.63) is 72.3 Å². The molecule has 0 aliphatic rings. The maximum Gasteiger partial charge on any atom is 0.268 e. The highest BCUT2D eigenvalue weighted by Gasteiger charge is 2.18. The number of carbonyl (C=O) groups is 2. The molecule has 2 aromatic rings. The van der Waals surface area contributed by atoms with Crippen molar-refractivity contribution in [1.82, 2.24) is 5.32 Å². The molecular formula is C20H21N3O4. The van der Waals surface area contributed by atoms with Crippen molar-refractivity contribution in [2.45, 2.75) is 13.0 Å². The molecule has 7 heteroatoms. The van der Waals surface area contributed by atoms with Crippen molar-refractivity contribution in [1.29, 1.82) is 0 Å². The highest BCUT2D eigenvalue weighted by atomic mass is 16.6. The maximum absolute atomic E-state index is 12.3. The van der Waals surface area contributed by atoms with Gasteiger partial charge >= 0.3 is 0 Å². The lowest BCUT2D eigenvalue weighted by atomic mass is 10.1. The predicted octanol–water partition coefficient (Wildman–Crippen LogP) is 2.69. The number of para-hydroxylation sites is 2. The quantitative estimate of drug-likeness (QED) is 0.379. The van der Waals surface area contributed by atoms with Crippen LogP contribution in [-0.2, 0) is 9.63 Å². The Morgan fingerprint density at radius 2 is 1.93 bits per heavy atom. The molecule has 0 bridgehead atoms. The topological polar surface area (TPSA) is 100 Å². The Morgan fingerprint density at radius 1 is 1.22 bits per heavy atom. The van der Waals surface area contributed by atoms with Crippen LogP contribution in [0.2, 0.25) is 0 Å². The van der Waals surface area contributed by atoms with Crippen LogP contribution in [0.15, 0.2) is 66.3 Å². The van der Waals surface area contributed by atoms with Gasteiger partial charge in [0.1, 0.15) is 5.75 Å². The van der Waals surface area contributed by atoms with Gasteiger partial charge in [-0.15, -0.1) is 6.58 Å². The SMILES string of the molecule is C=CCNC(=O)c1ccccc1NC(=O)C(C)ON=Cc1ccccc1O. The highest BCUT2D eigenvalue weighted by molar-refractivity contribution is 6.04. The van der Waals surface area contributed by atoms with Crippen molar-refractivity contribution >= 4 is 23.7 Å². The van der Waals surface area contributed by atoms with Crippen LogP contribution in [0.3, 0.4) is 0 Å². The lowest BCUT2D eigenvalue weighted by molar-refractivity contribution is -0.126. The second-order valence-corrected chi connectivity index (χ2v) is 5.57. The van der Waals surface area contributed by atoms with Gasteiger partial charge in [-0.25, -0.2) is 0 Å². The van der Waals surface area contributed by atoms with Crippen molar-refractivity contribution in [2.75, 3.05) is 11.9 Å². The Labute approximate surface area is 157 Å². The lowest BCUT2D eigenvalue weighted by Gasteiger charge is -2.13. The van der Waals surface area contributed by atoms with E-state index in [4.69, 9.17) is 4.84 Å². The minimum atomic E-state index is -0.906. The number of nitrogens with one attached hydrogen (secondary N) is 2. The van der Waals surface area contributed by atoms with Crippen LogP contribution in [0.5, 0.6) is 5.75 Å². The van der Waals surface area contributed by atoms with E-state index in [1.165, 1.54) is 19.2 Å². The van der Waals surface area contributed by atoms with Crippen LogP contribution >= 0.6 is 0 Å². The van der Waals surface area contributed by atoms with Crippen LogP contribution in [0.25, 0.3) is 0 Å². The Bertz CT molecular complexity index is 849. The monoisotopic (exact) mass is 367 g/mol. The zero-order valence-corrected chi connectivity index (χ0v) is 14.9. The molecule has 0 aliphatic carbocycles. The molecule has 0 radical (unpaired) electrons. The fourth-order valence-electron chi connectivity index (χ4n) is 2.11. The molecule has 0 heterocycles. The zero-order chi connectivity index (χ0) is 19.6. The van der Waals surface area contributed by atoms with E-state index in [1.54, 1.807) is 48.5 Å². The highest BCUT2D eigenvalue weighted by Crippen LogP contribution is 2.16. The Balaban J connectivity index is 1.99. The van der Waals surface area contributed by atoms with Gasteiger partial charge in [0.05, 0.1) is 17.5 Å². The largest absolute Gasteiger partial charge is 0.507 e. The average Bonchev–Trinajstić information content (AvgIpc) is 2.67. The van der Waals surface area contributed by atoms with Crippen LogP contribution in [0.1, 0.15) is 22.8 Å². The fourth-order valence-corrected chi connectivity index (χ4v) is 2.11. The average molecular weight is 367 g/mol. The van der Waals surface area contributed by atoms with Gasteiger partial charge in [0.15, 0.2) is 0 Å². The molecule has 0 spiro atoms. The first-order valence-electron chi connectivity index (χ1n) is 8.29. The van der Waals surface area contributed by atoms with Gasteiger partial charge in [-0.05, 0) is 31.2 Å². The third kappa shape index (κ3) is 5.71. The summed E-state index contributed by atoms with van der Waals surface area (Å²) in [6, 6.07) is 13.3. The molecule has 2 rings (SSSR count). The summed E-state index contributed by atoms with van der Waals surface area (Å²) in [6.45, 7) is 5.39. The van der Waals surface area contributed by atoms with E-state index in [9.17, 15) is 14.7 Å². The summed E-state index contributed by atoms with van der Waals surface area (Å²) < 4.78 is 0. The lowest BCUT2D eigenvalue weighted by Crippen LogP contribution is -2.29. The summed E-state index contributed by atoms with van der Waals surface area (Å²) >= 11 is 0. The first kappa shape index (κ1) is 19.7. The first-order chi connectivity index (χ1) is 13.0. The number of hydrogen-bond acceptors (Lipinski definition) is 5. The number of nitrogens with zero attached hydrogens (tertiary/aromatic N) is 1. The number of carbonyl (C=O) groups excluding carboxylic acids is 2. The Kier molecular flexibility index (Phi) is 7.13. The number of oxime groups is 1. The number of phenolic OH excluding ortho intramolecular Hbond substituents is 1. The van der Waals surface area contributed by atoms with Gasteiger partial charge in [-0.2, -0.15) is 0 Å². The zero-order valence-electron chi connectivity index (χ0n) is 14.9. The number of rotatable bonds is 8. The maximum atomic E-state index is 12.3. The molecule has 2 aromatic carbocycles. The molecular weight excluding hydrogens is 346 g/mol. The molecule has 27 heavy (non-hydrogen) atoms. The van der Waals surface area contributed by atoms with Gasteiger partial charge in [-0.3, -0.25) is 9.59 Å². The third-order valence-electron chi connectivity index (χ3n) is 3.55. The van der Waals surface area contributed by atoms with Crippen molar-refractivity contribution in [3.63, 3.8) is 0 Å². The summed E-state index contributed by atoms with van der Waals surface area (Å²) in [6.07, 6.45) is 1.98. The van der Waals surface area contributed by atoms with Gasteiger partial charge < -0.3 is 20.6 Å². The summed E-state index contributed by atoms with van der Waals surface area (Å²) in [7, 11) is 0. The van der Waals surface area contributed by atoms with E-state index in [1.807, 2.05) is 0 Å². The molecule has 0 saturated heterocycles. The Hall–Kier alpha value is -3.61. The van der Waals surface area contributed by atoms with Crippen molar-refractivity contribution < 1.29 is 19.5 Å². The standard InChI is InChI=1S/C20H21N3O4/c1-3-12-21-20(26)16-9-5-6-10-17(16)23-19(25)14(2)27-22-13-15-8-4-7-11-18(15)24/h3-11,13-14,24H,1,12H2,2H3,(H,21,26)(H,23,25). The van der Waals surface area contributed by atoms with E-state index in [2.05, 4.69) is 22.4 Å². The van der Waals surface area contributed by atoms with Gasteiger partial charge in [-0.1, -0.05) is 35.5 Å². The molecule has 1 atom stereocenters. The minimum absolute atomic E-state index is 0.0569. The predicted molar refractivity (Wildman–Crippen MR) is 104 cm³/mol. The van der Waals surface area contributed by atoms with E-state index >= 15 is 0 Å². The molecule has 7 nitrogen and oxygen atoms in total. The molecule has 3 N–H and O–H groups in total. The molecule has 2 amide bonds. The number of phenols is 1. The van der Waals surface area contributed by atoms with Gasteiger partial charge in [0.25, 0.3) is 11.8 Å². The number of benzene rings is 2. The summed E-state index contributed by atoms with van der Waals surface area (Å²) in [5.74, 6) is -0.730. The van der Waals surface area contributed by atoms with E-state index in [-0.39, 0.29) is 11.7 Å². The number of anilines is 1. The molecule has 0 aromatic heterocycles. The molecule has 140 valence electrons. The van der Waals surface area contributed by atoms with Crippen LogP contribution < -0.4 is 10.6 Å². The minimum Gasteiger partial charge on any atom is -0.507 e. The smallest absolute Gasteiger partial charge is 0.268 e. The van der Waals surface area contributed by atoms with Gasteiger partial charge in [0, 0.05) is 12.1 Å². The molecule has 0 aliphatic heterocycles. The molecule has 0 fully saturated rings. The third-order valence-corrected chi connectivity index (χ3v) is 3.55. The van der Waals surface area contributed by atoms with E-state index in [0.29, 0.717) is 23.4 Å². The molecule has 1 unspecified atom stereocenters. The van der Waals surface area contributed by atoms with Crippen molar-refractivity contribution in [2.24, 2.45) is 5.16 Å². The Morgan fingerprint density at radius 3 is 2.67 bits per heavy atom. The number of amides is 2. The summed E-state index contributed by atoms with van der Waals surface area (Å²) in [5, 5.41) is 18.7. The number of hydrogen-bond donors (Lipinski definition) is 3. The first-order valence-corrected chi connectivity index (χ1v) is 8.29. The molecule has 0 saturated carbocycles. The van der Waals surface area contributed by atoms with Gasteiger partial charge in [0.2, 0.25) is 6.10 Å². The number of aromatic hydroxyl groups is 1. The van der Waals surface area contributed by atoms with Crippen LogP contribution in [0, 0.1) is 0 Å². The van der Waals surface area contributed by atoms with Crippen LogP contribution in [-0.4, -0.2) is 35.8 Å². The summed E-state index contributed by atoms with van der Waals surface area (Å²) in [4.78, 5) is 29.6. The van der Waals surface area contributed by atoms with E-state index in [0.717, 1.165) is 0 Å². The summed E-state index contributed by atoms with van der Waals surface area (Å²) in [5.41, 5.74) is 1.16. The van der Waals surface area contributed by atoms with Crippen molar-refractivity contribution in [3.8, 4) is 5.75 Å². The second-order valence-electron chi connectivity index (χ2n) is 5.57.